The van der Waals surface area contributed by atoms with Gasteiger partial charge in [0.25, 0.3) is 17.7 Å². The number of anilines is 2. The molecule has 0 unspecified atom stereocenters. The zero-order chi connectivity index (χ0) is 25.3. The number of carbonyl (C=O) groups is 3. The number of benzene rings is 3. The van der Waals surface area contributed by atoms with E-state index < -0.39 is 17.6 Å². The summed E-state index contributed by atoms with van der Waals surface area (Å²) < 4.78 is 13.5. The molecule has 1 aliphatic rings. The van der Waals surface area contributed by atoms with Crippen molar-refractivity contribution in [1.29, 1.82) is 0 Å². The van der Waals surface area contributed by atoms with Gasteiger partial charge in [0.15, 0.2) is 0 Å². The van der Waals surface area contributed by atoms with Crippen molar-refractivity contribution in [1.82, 2.24) is 5.32 Å². The van der Waals surface area contributed by atoms with Crippen molar-refractivity contribution in [3.05, 3.63) is 104 Å². The van der Waals surface area contributed by atoms with Crippen molar-refractivity contribution in [3.63, 3.8) is 0 Å². The van der Waals surface area contributed by atoms with Crippen LogP contribution < -0.4 is 15.5 Å². The highest BCUT2D eigenvalue weighted by Gasteiger charge is 2.39. The summed E-state index contributed by atoms with van der Waals surface area (Å²) in [6.07, 6.45) is 0. The molecule has 1 heterocycles. The zero-order valence-electron chi connectivity index (χ0n) is 18.2. The van der Waals surface area contributed by atoms with Crippen LogP contribution in [0.15, 0.2) is 71.4 Å². The van der Waals surface area contributed by atoms with Gasteiger partial charge < -0.3 is 10.6 Å². The van der Waals surface area contributed by atoms with E-state index in [1.807, 2.05) is 12.1 Å². The summed E-state index contributed by atoms with van der Waals surface area (Å²) in [7, 11) is 0. The predicted molar refractivity (Wildman–Crippen MR) is 134 cm³/mol. The van der Waals surface area contributed by atoms with E-state index in [1.54, 1.807) is 37.3 Å². The van der Waals surface area contributed by atoms with Gasteiger partial charge in [0.05, 0.1) is 10.7 Å². The monoisotopic (exact) mass is 531 g/mol. The lowest BCUT2D eigenvalue weighted by Gasteiger charge is -2.16. The van der Waals surface area contributed by atoms with Crippen molar-refractivity contribution < 1.29 is 18.8 Å². The molecular weight excluding hydrogens is 516 g/mol. The van der Waals surface area contributed by atoms with Crippen molar-refractivity contribution in [2.24, 2.45) is 0 Å². The normalized spacial score (nSPS) is 13.5. The topological polar surface area (TPSA) is 78.5 Å². The van der Waals surface area contributed by atoms with E-state index in [1.165, 1.54) is 6.07 Å². The zero-order valence-corrected chi connectivity index (χ0v) is 20.4. The summed E-state index contributed by atoms with van der Waals surface area (Å²) in [4.78, 5) is 39.2. The van der Waals surface area contributed by atoms with E-state index in [-0.39, 0.29) is 27.3 Å². The standard InChI is InChI=1S/C25H17Cl3FN3O3/c1-13-2-5-15(23(33)30-12-14-3-6-16(26)7-4-14)10-20(13)31-22-21(28)24(34)32(25(22)35)17-8-9-19(29)18(27)11-17/h2-11,31H,12H2,1H3,(H,30,33). The van der Waals surface area contributed by atoms with Gasteiger partial charge in [-0.3, -0.25) is 14.4 Å². The Labute approximate surface area is 215 Å². The molecule has 2 N–H and O–H groups in total. The van der Waals surface area contributed by atoms with Crippen molar-refractivity contribution in [2.75, 3.05) is 10.2 Å². The summed E-state index contributed by atoms with van der Waals surface area (Å²) >= 11 is 17.9. The Kier molecular flexibility index (Phi) is 7.12. The first kappa shape index (κ1) is 24.7. The number of hydrogen-bond donors (Lipinski definition) is 2. The Bertz CT molecular complexity index is 1390. The summed E-state index contributed by atoms with van der Waals surface area (Å²) in [6, 6.07) is 15.4. The molecule has 0 aliphatic carbocycles. The Morgan fingerprint density at radius 3 is 2.34 bits per heavy atom. The number of nitrogens with one attached hydrogen (secondary N) is 2. The number of imide groups is 1. The molecule has 1 aliphatic heterocycles. The average Bonchev–Trinajstić information content (AvgIpc) is 3.04. The first-order valence-corrected chi connectivity index (χ1v) is 11.4. The molecule has 35 heavy (non-hydrogen) atoms. The van der Waals surface area contributed by atoms with Crippen LogP contribution in [0.3, 0.4) is 0 Å². The maximum absolute atomic E-state index is 13.5. The number of aryl methyl sites for hydroxylation is 1. The third-order valence-electron chi connectivity index (χ3n) is 5.31. The Hall–Kier alpha value is -3.39. The molecule has 178 valence electrons. The average molecular weight is 533 g/mol. The van der Waals surface area contributed by atoms with Crippen LogP contribution in [0.5, 0.6) is 0 Å². The molecule has 0 atom stereocenters. The van der Waals surface area contributed by atoms with Crippen molar-refractivity contribution >= 4 is 63.9 Å². The van der Waals surface area contributed by atoms with Crippen LogP contribution in [0.25, 0.3) is 0 Å². The molecule has 3 aromatic rings. The third kappa shape index (κ3) is 5.17. The Balaban J connectivity index is 1.53. The summed E-state index contributed by atoms with van der Waals surface area (Å²) in [5.41, 5.74) is 2.24. The number of carbonyl (C=O) groups excluding carboxylic acids is 3. The maximum atomic E-state index is 13.5. The highest BCUT2D eigenvalue weighted by Crippen LogP contribution is 2.32. The smallest absolute Gasteiger partial charge is 0.283 e. The van der Waals surface area contributed by atoms with Gasteiger partial charge >= 0.3 is 0 Å². The fraction of sp³-hybridized carbons (Fsp3) is 0.0800. The van der Waals surface area contributed by atoms with Gasteiger partial charge in [0, 0.05) is 22.8 Å². The Morgan fingerprint density at radius 2 is 1.66 bits per heavy atom. The molecular formula is C25H17Cl3FN3O3. The van der Waals surface area contributed by atoms with E-state index in [4.69, 9.17) is 34.8 Å². The number of rotatable bonds is 6. The van der Waals surface area contributed by atoms with Crippen LogP contribution >= 0.6 is 34.8 Å². The molecule has 3 aromatic carbocycles. The molecule has 0 saturated carbocycles. The van der Waals surface area contributed by atoms with Crippen LogP contribution in [0.2, 0.25) is 10.0 Å². The minimum Gasteiger partial charge on any atom is -0.349 e. The van der Waals surface area contributed by atoms with Crippen molar-refractivity contribution in [2.45, 2.75) is 13.5 Å². The highest BCUT2D eigenvalue weighted by atomic mass is 35.5. The lowest BCUT2D eigenvalue weighted by molar-refractivity contribution is -0.120. The van der Waals surface area contributed by atoms with Crippen LogP contribution in [0.4, 0.5) is 15.8 Å². The highest BCUT2D eigenvalue weighted by molar-refractivity contribution is 6.53. The number of halogens is 4. The fourth-order valence-electron chi connectivity index (χ4n) is 3.39. The van der Waals surface area contributed by atoms with E-state index in [0.717, 1.165) is 22.6 Å². The van der Waals surface area contributed by atoms with E-state index >= 15 is 0 Å². The molecule has 0 fully saturated rings. The van der Waals surface area contributed by atoms with Crippen LogP contribution in [-0.2, 0) is 16.1 Å². The third-order valence-corrected chi connectivity index (χ3v) is 6.21. The first-order chi connectivity index (χ1) is 16.7. The summed E-state index contributed by atoms with van der Waals surface area (Å²) in [5.74, 6) is -2.54. The van der Waals surface area contributed by atoms with Gasteiger partial charge in [-0.05, 0) is 60.5 Å². The molecule has 4 rings (SSSR count). The summed E-state index contributed by atoms with van der Waals surface area (Å²) in [6.45, 7) is 2.07. The second kappa shape index (κ2) is 10.1. The lowest BCUT2D eigenvalue weighted by atomic mass is 10.1. The SMILES string of the molecule is Cc1ccc(C(=O)NCc2ccc(Cl)cc2)cc1NC1=C(Cl)C(=O)N(c2ccc(F)c(Cl)c2)C1=O. The molecule has 0 spiro atoms. The van der Waals surface area contributed by atoms with Gasteiger partial charge in [-0.2, -0.15) is 0 Å². The largest absolute Gasteiger partial charge is 0.349 e. The number of hydrogen-bond acceptors (Lipinski definition) is 4. The summed E-state index contributed by atoms with van der Waals surface area (Å²) in [5, 5.41) is 5.71. The maximum Gasteiger partial charge on any atom is 0.283 e. The number of nitrogens with zero attached hydrogens (tertiary/aromatic N) is 1. The molecule has 3 amide bonds. The van der Waals surface area contributed by atoms with Gasteiger partial charge in [-0.15, -0.1) is 0 Å². The van der Waals surface area contributed by atoms with Crippen LogP contribution in [0, 0.1) is 12.7 Å². The predicted octanol–water partition coefficient (Wildman–Crippen LogP) is 5.81. The molecule has 10 heteroatoms. The lowest BCUT2D eigenvalue weighted by Crippen LogP contribution is -2.32. The fourth-order valence-corrected chi connectivity index (χ4v) is 3.90. The molecule has 0 bridgehead atoms. The minimum atomic E-state index is -0.781. The minimum absolute atomic E-state index is 0.0772. The molecule has 6 nitrogen and oxygen atoms in total. The molecule has 0 radical (unpaired) electrons. The van der Waals surface area contributed by atoms with Gasteiger partial charge in [-0.1, -0.05) is 53.0 Å². The molecule has 0 saturated heterocycles. The van der Waals surface area contributed by atoms with Gasteiger partial charge in [0.1, 0.15) is 16.5 Å². The van der Waals surface area contributed by atoms with Gasteiger partial charge in [-0.25, -0.2) is 9.29 Å². The Morgan fingerprint density at radius 1 is 0.943 bits per heavy atom. The van der Waals surface area contributed by atoms with E-state index in [9.17, 15) is 18.8 Å². The van der Waals surface area contributed by atoms with Crippen molar-refractivity contribution in [3.8, 4) is 0 Å². The van der Waals surface area contributed by atoms with Crippen LogP contribution in [-0.4, -0.2) is 17.7 Å². The quantitative estimate of drug-likeness (QED) is 0.393. The van der Waals surface area contributed by atoms with E-state index in [0.29, 0.717) is 28.4 Å². The van der Waals surface area contributed by atoms with Crippen LogP contribution in [0.1, 0.15) is 21.5 Å². The first-order valence-electron chi connectivity index (χ1n) is 10.3. The number of amides is 3. The second-order valence-corrected chi connectivity index (χ2v) is 8.92. The van der Waals surface area contributed by atoms with E-state index in [2.05, 4.69) is 10.6 Å². The molecule has 0 aromatic heterocycles. The second-order valence-electron chi connectivity index (χ2n) is 7.70. The van der Waals surface area contributed by atoms with Gasteiger partial charge in [0.2, 0.25) is 0 Å².